The Morgan fingerprint density at radius 2 is 1.94 bits per heavy atom. The van der Waals surface area contributed by atoms with Gasteiger partial charge in [-0.1, -0.05) is 43.3 Å². The number of fused-ring (bicyclic) bond motifs is 1. The van der Waals surface area contributed by atoms with E-state index in [0.29, 0.717) is 17.3 Å². The van der Waals surface area contributed by atoms with Crippen molar-refractivity contribution >= 4 is 23.4 Å². The molecule has 0 saturated heterocycles. The molecule has 1 aromatic heterocycles. The number of allylic oxidation sites excluding steroid dienone is 1. The summed E-state index contributed by atoms with van der Waals surface area (Å²) < 4.78 is 7.04. The van der Waals surface area contributed by atoms with Crippen LogP contribution in [0.3, 0.4) is 0 Å². The van der Waals surface area contributed by atoms with Crippen molar-refractivity contribution in [2.75, 3.05) is 17.7 Å². The van der Waals surface area contributed by atoms with Crippen LogP contribution in [0.4, 0.5) is 11.5 Å². The van der Waals surface area contributed by atoms with E-state index in [1.807, 2.05) is 49.4 Å². The number of amides is 1. The predicted octanol–water partition coefficient (Wildman–Crippen LogP) is 3.69. The van der Waals surface area contributed by atoms with Gasteiger partial charge in [-0.3, -0.25) is 4.79 Å². The van der Waals surface area contributed by atoms with Crippen molar-refractivity contribution in [1.29, 1.82) is 0 Å². The molecule has 158 valence electrons. The first kappa shape index (κ1) is 20.2. The number of aryl methyl sites for hydroxylation is 1. The van der Waals surface area contributed by atoms with Crippen LogP contribution in [0.1, 0.15) is 34.5 Å². The van der Waals surface area contributed by atoms with Crippen molar-refractivity contribution in [2.45, 2.75) is 19.4 Å². The summed E-state index contributed by atoms with van der Waals surface area (Å²) in [5, 5.41) is 19.8. The van der Waals surface area contributed by atoms with Gasteiger partial charge in [0.15, 0.2) is 0 Å². The van der Waals surface area contributed by atoms with Crippen LogP contribution in [-0.2, 0) is 11.2 Å². The van der Waals surface area contributed by atoms with Crippen LogP contribution in [-0.4, -0.2) is 33.9 Å². The van der Waals surface area contributed by atoms with Gasteiger partial charge in [-0.25, -0.2) is 9.48 Å². The first-order valence-corrected chi connectivity index (χ1v) is 9.85. The molecule has 1 amide bonds. The monoisotopic (exact) mass is 418 g/mol. The number of nitrogens with zero attached hydrogens (tertiary/aromatic N) is 2. The molecule has 0 radical (unpaired) electrons. The number of rotatable bonds is 6. The molecule has 0 aliphatic carbocycles. The fourth-order valence-electron chi connectivity index (χ4n) is 3.66. The second kappa shape index (κ2) is 8.35. The highest BCUT2D eigenvalue weighted by atomic mass is 16.5. The molecule has 0 fully saturated rings. The van der Waals surface area contributed by atoms with E-state index in [4.69, 9.17) is 4.74 Å². The molecule has 4 rings (SSSR count). The molecule has 1 aliphatic heterocycles. The largest absolute Gasteiger partial charge is 0.496 e. The Bertz CT molecular complexity index is 1180. The number of hydrogen-bond donors (Lipinski definition) is 3. The predicted molar refractivity (Wildman–Crippen MR) is 116 cm³/mol. The number of hydrogen-bond acceptors (Lipinski definition) is 5. The van der Waals surface area contributed by atoms with Crippen LogP contribution in [0.2, 0.25) is 0 Å². The number of methoxy groups -OCH3 is 1. The fraction of sp³-hybridized carbons (Fsp3) is 0.174. The van der Waals surface area contributed by atoms with Gasteiger partial charge >= 0.3 is 5.97 Å². The van der Waals surface area contributed by atoms with Crippen LogP contribution in [0, 0.1) is 0 Å². The minimum Gasteiger partial charge on any atom is -0.496 e. The lowest BCUT2D eigenvalue weighted by Crippen LogP contribution is -2.26. The summed E-state index contributed by atoms with van der Waals surface area (Å²) in [4.78, 5) is 24.8. The summed E-state index contributed by atoms with van der Waals surface area (Å²) in [7, 11) is 1.55. The first-order chi connectivity index (χ1) is 15.0. The van der Waals surface area contributed by atoms with Gasteiger partial charge in [-0.15, -0.1) is 0 Å². The van der Waals surface area contributed by atoms with Crippen LogP contribution >= 0.6 is 0 Å². The van der Waals surface area contributed by atoms with E-state index >= 15 is 0 Å². The van der Waals surface area contributed by atoms with E-state index in [9.17, 15) is 14.7 Å². The third-order valence-corrected chi connectivity index (χ3v) is 5.22. The Labute approximate surface area is 179 Å². The van der Waals surface area contributed by atoms with Gasteiger partial charge in [0.25, 0.3) is 5.91 Å². The number of anilines is 2. The Morgan fingerprint density at radius 1 is 1.19 bits per heavy atom. The van der Waals surface area contributed by atoms with Crippen LogP contribution < -0.4 is 15.4 Å². The summed E-state index contributed by atoms with van der Waals surface area (Å²) >= 11 is 0. The Balaban J connectivity index is 1.75. The molecular formula is C23H22N4O4. The molecule has 0 spiro atoms. The number of benzene rings is 2. The van der Waals surface area contributed by atoms with E-state index in [0.717, 1.165) is 17.5 Å². The number of ether oxygens (including phenoxy) is 1. The number of carboxylic acid groups (broad SMARTS) is 1. The molecule has 8 heteroatoms. The molecule has 2 aromatic carbocycles. The Morgan fingerprint density at radius 3 is 2.68 bits per heavy atom. The zero-order valence-corrected chi connectivity index (χ0v) is 17.1. The van der Waals surface area contributed by atoms with Gasteiger partial charge in [0.1, 0.15) is 28.9 Å². The quantitative estimate of drug-likeness (QED) is 0.564. The Hall–Kier alpha value is -4.07. The normalized spacial score (nSPS) is 14.8. The summed E-state index contributed by atoms with van der Waals surface area (Å²) in [6.07, 6.45) is 3.75. The minimum atomic E-state index is -1.13. The maximum atomic E-state index is 13.1. The van der Waals surface area contributed by atoms with Gasteiger partial charge < -0.3 is 20.5 Å². The average molecular weight is 418 g/mol. The molecule has 1 atom stereocenters. The number of carbonyl (C=O) groups excluding carboxylic acids is 1. The zero-order valence-electron chi connectivity index (χ0n) is 17.1. The lowest BCUT2D eigenvalue weighted by atomic mass is 10.0. The highest BCUT2D eigenvalue weighted by Gasteiger charge is 2.30. The second-order valence-corrected chi connectivity index (χ2v) is 7.01. The number of nitrogens with one attached hydrogen (secondary N) is 2. The van der Waals surface area contributed by atoms with E-state index in [1.54, 1.807) is 23.9 Å². The third-order valence-electron chi connectivity index (χ3n) is 5.22. The molecule has 0 unspecified atom stereocenters. The van der Waals surface area contributed by atoms with Crippen molar-refractivity contribution in [3.8, 4) is 5.75 Å². The van der Waals surface area contributed by atoms with Gasteiger partial charge in [-0.05, 0) is 30.2 Å². The molecule has 3 aromatic rings. The molecular weight excluding hydrogens is 396 g/mol. The molecule has 3 N–H and O–H groups in total. The molecule has 31 heavy (non-hydrogen) atoms. The maximum absolute atomic E-state index is 13.1. The van der Waals surface area contributed by atoms with E-state index in [2.05, 4.69) is 15.7 Å². The van der Waals surface area contributed by atoms with E-state index in [1.165, 1.54) is 6.20 Å². The van der Waals surface area contributed by atoms with Gasteiger partial charge in [-0.2, -0.15) is 5.10 Å². The smallest absolute Gasteiger partial charge is 0.352 e. The van der Waals surface area contributed by atoms with Crippen molar-refractivity contribution in [1.82, 2.24) is 9.78 Å². The average Bonchev–Trinajstić information content (AvgIpc) is 3.23. The van der Waals surface area contributed by atoms with Crippen molar-refractivity contribution in [3.05, 3.63) is 83.2 Å². The lowest BCUT2D eigenvalue weighted by molar-refractivity contribution is -0.132. The van der Waals surface area contributed by atoms with Crippen molar-refractivity contribution in [3.63, 3.8) is 0 Å². The number of aliphatic carboxylic acids is 1. The van der Waals surface area contributed by atoms with Crippen LogP contribution in [0.5, 0.6) is 5.75 Å². The lowest BCUT2D eigenvalue weighted by Gasteiger charge is -2.25. The minimum absolute atomic E-state index is 0.0353. The van der Waals surface area contributed by atoms with Gasteiger partial charge in [0.05, 0.1) is 13.3 Å². The fourth-order valence-corrected chi connectivity index (χ4v) is 3.66. The van der Waals surface area contributed by atoms with E-state index < -0.39 is 12.0 Å². The second-order valence-electron chi connectivity index (χ2n) is 7.01. The summed E-state index contributed by atoms with van der Waals surface area (Å²) in [6.45, 7) is 2.01. The number of carbonyl (C=O) groups is 2. The molecule has 0 bridgehead atoms. The third kappa shape index (κ3) is 3.75. The topological polar surface area (TPSA) is 105 Å². The first-order valence-electron chi connectivity index (χ1n) is 9.85. The van der Waals surface area contributed by atoms with Gasteiger partial charge in [0, 0.05) is 11.3 Å². The van der Waals surface area contributed by atoms with E-state index in [-0.39, 0.29) is 17.2 Å². The Kier molecular flexibility index (Phi) is 5.44. The summed E-state index contributed by atoms with van der Waals surface area (Å²) in [5.41, 5.74) is 2.66. The maximum Gasteiger partial charge on any atom is 0.352 e. The molecule has 1 aliphatic rings. The van der Waals surface area contributed by atoms with Crippen molar-refractivity contribution in [2.24, 2.45) is 0 Å². The number of para-hydroxylation sites is 2. The summed E-state index contributed by atoms with van der Waals surface area (Å²) in [6, 6.07) is 14.3. The SMILES string of the molecule is CCc1ccccc1NC(=O)c1cnn2c1NC(C(=O)O)=C[C@@H]2c1ccccc1OC. The standard InChI is InChI=1S/C23H22N4O4/c1-3-14-8-4-6-10-17(14)26-22(28)16-13-24-27-19(12-18(23(29)30)25-21(16)27)15-9-5-7-11-20(15)31-2/h4-13,19,25H,3H2,1-2H3,(H,26,28)(H,29,30)/t19-/m1/s1. The van der Waals surface area contributed by atoms with Crippen LogP contribution in [0.25, 0.3) is 0 Å². The zero-order chi connectivity index (χ0) is 22.0. The number of aromatic nitrogens is 2. The molecule has 2 heterocycles. The molecule has 0 saturated carbocycles. The van der Waals surface area contributed by atoms with Crippen molar-refractivity contribution < 1.29 is 19.4 Å². The number of carboxylic acids is 1. The highest BCUT2D eigenvalue weighted by molar-refractivity contribution is 6.08. The van der Waals surface area contributed by atoms with Crippen LogP contribution in [0.15, 0.2) is 66.5 Å². The van der Waals surface area contributed by atoms with Gasteiger partial charge in [0.2, 0.25) is 0 Å². The summed E-state index contributed by atoms with van der Waals surface area (Å²) in [5.74, 6) is -0.600. The highest BCUT2D eigenvalue weighted by Crippen LogP contribution is 2.36. The molecule has 8 nitrogen and oxygen atoms in total.